The third kappa shape index (κ3) is 11.0. The molecular weight excluding hydrogens is 582 g/mol. The Morgan fingerprint density at radius 3 is 2.11 bits per heavy atom. The van der Waals surface area contributed by atoms with Gasteiger partial charge in [0.2, 0.25) is 17.7 Å². The van der Waals surface area contributed by atoms with Gasteiger partial charge in [0.15, 0.2) is 11.9 Å². The molecule has 2 aromatic carbocycles. The monoisotopic (exact) mass is 623 g/mol. The predicted octanol–water partition coefficient (Wildman–Crippen LogP) is -1.22. The van der Waals surface area contributed by atoms with Gasteiger partial charge in [-0.3, -0.25) is 24.2 Å². The van der Waals surface area contributed by atoms with Crippen LogP contribution in [0.1, 0.15) is 30.4 Å². The molecule has 1 unspecified atom stereocenters. The number of carboxylic acid groups (broad SMARTS) is 1. The molecule has 0 saturated carbocycles. The summed E-state index contributed by atoms with van der Waals surface area (Å²) in [4.78, 5) is 61.8. The number of nitrogens with zero attached hydrogens (tertiary/aromatic N) is 3. The van der Waals surface area contributed by atoms with E-state index in [-0.39, 0.29) is 56.6 Å². The number of likely N-dealkylation sites (tertiary alicyclic amines) is 1. The molecule has 1 aliphatic heterocycles. The Bertz CT molecular complexity index is 1380. The van der Waals surface area contributed by atoms with E-state index >= 15 is 0 Å². The standard InChI is InChI=1S/C30H41N9O6/c31-29(32)35-13-4-7-22(36-26(42)23(38-30(33)34)15-19-8-10-21(40)11-9-19)25(41)37-24(16-18-5-2-1-3-6-18)27(43)39-14-12-20(17-39)28(44)45/h1-3,5-6,8-11,20,22-24,40H,4,7,12-17H2,(H,36,42)(H,37,41)(H,44,45)(H4,31,32,35)(H4,33,34,38)/t20?,22-,23+,24+/m1/s1. The summed E-state index contributed by atoms with van der Waals surface area (Å²) in [6.45, 7) is 0.460. The maximum Gasteiger partial charge on any atom is 0.308 e. The molecule has 2 aromatic rings. The number of guanidine groups is 2. The first-order chi connectivity index (χ1) is 21.4. The average Bonchev–Trinajstić information content (AvgIpc) is 3.50. The number of aliphatic carboxylic acids is 1. The number of nitrogens with two attached hydrogens (primary N) is 4. The van der Waals surface area contributed by atoms with Crippen molar-refractivity contribution in [1.82, 2.24) is 15.5 Å². The Balaban J connectivity index is 1.83. The number of aliphatic imine (C=N–C) groups is 2. The molecule has 1 saturated heterocycles. The largest absolute Gasteiger partial charge is 0.508 e. The van der Waals surface area contributed by atoms with E-state index in [1.165, 1.54) is 17.0 Å². The molecule has 3 amide bonds. The highest BCUT2D eigenvalue weighted by Crippen LogP contribution is 2.19. The van der Waals surface area contributed by atoms with Gasteiger partial charge >= 0.3 is 5.97 Å². The third-order valence-electron chi connectivity index (χ3n) is 7.30. The van der Waals surface area contributed by atoms with Crippen molar-refractivity contribution in [2.24, 2.45) is 38.8 Å². The zero-order valence-corrected chi connectivity index (χ0v) is 24.8. The van der Waals surface area contributed by atoms with Crippen LogP contribution < -0.4 is 33.6 Å². The number of amides is 3. The molecule has 1 aliphatic rings. The van der Waals surface area contributed by atoms with Gasteiger partial charge < -0.3 is 48.7 Å². The molecule has 242 valence electrons. The van der Waals surface area contributed by atoms with Gasteiger partial charge in [0.25, 0.3) is 0 Å². The van der Waals surface area contributed by atoms with Gasteiger partial charge in [0.05, 0.1) is 5.92 Å². The number of benzene rings is 2. The van der Waals surface area contributed by atoms with Crippen molar-refractivity contribution in [1.29, 1.82) is 0 Å². The zero-order chi connectivity index (χ0) is 32.9. The Hall–Kier alpha value is -5.34. The van der Waals surface area contributed by atoms with Gasteiger partial charge in [-0.2, -0.15) is 0 Å². The highest BCUT2D eigenvalue weighted by molar-refractivity contribution is 5.94. The highest BCUT2D eigenvalue weighted by atomic mass is 16.4. The van der Waals surface area contributed by atoms with E-state index in [0.29, 0.717) is 18.4 Å². The van der Waals surface area contributed by atoms with Crippen LogP contribution >= 0.6 is 0 Å². The van der Waals surface area contributed by atoms with Crippen LogP contribution in [-0.2, 0) is 32.0 Å². The number of hydrogen-bond donors (Lipinski definition) is 8. The van der Waals surface area contributed by atoms with E-state index in [0.717, 1.165) is 5.56 Å². The first-order valence-electron chi connectivity index (χ1n) is 14.5. The average molecular weight is 624 g/mol. The van der Waals surface area contributed by atoms with Gasteiger partial charge in [-0.05, 0) is 42.5 Å². The molecule has 3 rings (SSSR count). The van der Waals surface area contributed by atoms with Gasteiger partial charge in [0.1, 0.15) is 23.9 Å². The summed E-state index contributed by atoms with van der Waals surface area (Å²) in [6, 6.07) is 12.0. The lowest BCUT2D eigenvalue weighted by atomic mass is 10.0. The summed E-state index contributed by atoms with van der Waals surface area (Å²) in [5, 5.41) is 24.5. The summed E-state index contributed by atoms with van der Waals surface area (Å²) in [6.07, 6.45) is 0.945. The van der Waals surface area contributed by atoms with E-state index in [1.54, 1.807) is 24.3 Å². The van der Waals surface area contributed by atoms with Crippen LogP contribution in [0.4, 0.5) is 0 Å². The van der Waals surface area contributed by atoms with E-state index in [9.17, 15) is 29.4 Å². The number of nitrogens with one attached hydrogen (secondary N) is 2. The molecule has 0 aliphatic carbocycles. The second kappa shape index (κ2) is 16.5. The molecule has 12 N–H and O–H groups in total. The van der Waals surface area contributed by atoms with Crippen LogP contribution in [0, 0.1) is 5.92 Å². The number of rotatable bonds is 15. The molecule has 0 radical (unpaired) electrons. The Labute approximate surface area is 260 Å². The normalized spacial score (nSPS) is 16.1. The molecule has 1 fully saturated rings. The van der Waals surface area contributed by atoms with Crippen molar-refractivity contribution >= 4 is 35.6 Å². The van der Waals surface area contributed by atoms with Crippen LogP contribution in [-0.4, -0.2) is 88.5 Å². The van der Waals surface area contributed by atoms with Crippen molar-refractivity contribution < 1.29 is 29.4 Å². The van der Waals surface area contributed by atoms with Crippen LogP contribution in [0.15, 0.2) is 64.6 Å². The lowest BCUT2D eigenvalue weighted by Crippen LogP contribution is -2.56. The highest BCUT2D eigenvalue weighted by Gasteiger charge is 2.36. The fourth-order valence-corrected chi connectivity index (χ4v) is 4.98. The molecule has 0 aromatic heterocycles. The Morgan fingerprint density at radius 2 is 1.51 bits per heavy atom. The lowest BCUT2D eigenvalue weighted by molar-refractivity contribution is -0.142. The fourth-order valence-electron chi connectivity index (χ4n) is 4.98. The molecule has 45 heavy (non-hydrogen) atoms. The van der Waals surface area contributed by atoms with Gasteiger partial charge in [-0.15, -0.1) is 0 Å². The first kappa shape index (κ1) is 34.2. The van der Waals surface area contributed by atoms with Crippen molar-refractivity contribution in [2.75, 3.05) is 19.6 Å². The predicted molar refractivity (Wildman–Crippen MR) is 168 cm³/mol. The molecule has 4 atom stereocenters. The number of phenols is 1. The minimum absolute atomic E-state index is 0.0332. The summed E-state index contributed by atoms with van der Waals surface area (Å²) in [5.74, 6) is -3.79. The van der Waals surface area contributed by atoms with E-state index in [4.69, 9.17) is 22.9 Å². The lowest BCUT2D eigenvalue weighted by Gasteiger charge is -2.27. The SMILES string of the molecule is NC(N)=NCCC[C@@H](NC(=O)[C@H](Cc1ccc(O)cc1)N=C(N)N)C(=O)N[C@@H](Cc1ccccc1)C(=O)N1CCC(C(=O)O)C1. The van der Waals surface area contributed by atoms with Crippen molar-refractivity contribution in [3.63, 3.8) is 0 Å². The molecule has 15 nitrogen and oxygen atoms in total. The third-order valence-corrected chi connectivity index (χ3v) is 7.30. The molecular formula is C30H41N9O6. The summed E-state index contributed by atoms with van der Waals surface area (Å²) in [5.41, 5.74) is 23.5. The number of carboxylic acids is 1. The first-order valence-corrected chi connectivity index (χ1v) is 14.5. The molecule has 1 heterocycles. The second-order valence-electron chi connectivity index (χ2n) is 10.8. The number of hydrogen-bond acceptors (Lipinski definition) is 7. The van der Waals surface area contributed by atoms with Gasteiger partial charge in [-0.1, -0.05) is 42.5 Å². The smallest absolute Gasteiger partial charge is 0.308 e. The van der Waals surface area contributed by atoms with Crippen LogP contribution in [0.3, 0.4) is 0 Å². The fraction of sp³-hybridized carbons (Fsp3) is 0.400. The van der Waals surface area contributed by atoms with Crippen LogP contribution in [0.25, 0.3) is 0 Å². The van der Waals surface area contributed by atoms with E-state index in [1.807, 2.05) is 18.2 Å². The Kier molecular flexibility index (Phi) is 12.5. The topological polar surface area (TPSA) is 265 Å². The second-order valence-corrected chi connectivity index (χ2v) is 10.8. The van der Waals surface area contributed by atoms with Gasteiger partial charge in [0, 0.05) is 32.5 Å². The number of phenolic OH excluding ortho intramolecular Hbond substituents is 1. The minimum Gasteiger partial charge on any atom is -0.508 e. The maximum absolute atomic E-state index is 13.8. The molecule has 0 bridgehead atoms. The van der Waals surface area contributed by atoms with Crippen molar-refractivity contribution in [2.45, 2.75) is 50.2 Å². The number of carbonyl (C=O) groups excluding carboxylic acids is 3. The summed E-state index contributed by atoms with van der Waals surface area (Å²) in [7, 11) is 0. The van der Waals surface area contributed by atoms with Crippen molar-refractivity contribution in [3.8, 4) is 5.75 Å². The van der Waals surface area contributed by atoms with E-state index < -0.39 is 47.7 Å². The van der Waals surface area contributed by atoms with Crippen molar-refractivity contribution in [3.05, 3.63) is 65.7 Å². The minimum atomic E-state index is -1.13. The quantitative estimate of drug-likeness (QED) is 0.0665. The maximum atomic E-state index is 13.8. The summed E-state index contributed by atoms with van der Waals surface area (Å²) < 4.78 is 0. The van der Waals surface area contributed by atoms with Gasteiger partial charge in [-0.25, -0.2) is 4.99 Å². The molecule has 15 heteroatoms. The summed E-state index contributed by atoms with van der Waals surface area (Å²) >= 11 is 0. The molecule has 0 spiro atoms. The van der Waals surface area contributed by atoms with Crippen LogP contribution in [0.5, 0.6) is 5.75 Å². The zero-order valence-electron chi connectivity index (χ0n) is 24.8. The number of carbonyl (C=O) groups is 4. The van der Waals surface area contributed by atoms with Crippen LogP contribution in [0.2, 0.25) is 0 Å². The number of aromatic hydroxyl groups is 1. The Morgan fingerprint density at radius 1 is 0.867 bits per heavy atom. The van der Waals surface area contributed by atoms with E-state index in [2.05, 4.69) is 20.6 Å².